The molecule has 0 aromatic heterocycles. The summed E-state index contributed by atoms with van der Waals surface area (Å²) in [5.74, 6) is 0.436. The Labute approximate surface area is 183 Å². The molecule has 3 aromatic rings. The van der Waals surface area contributed by atoms with Crippen molar-refractivity contribution in [3.8, 4) is 11.5 Å². The number of ether oxygens (including phenoxy) is 2. The standard InChI is InChI=1S/C23H22INO4/c1-15-6-8-16(9-7-15)14-29-22-20(24)10-17(11-21(22)28-2)13-25-19-5-3-4-18(12-19)23(26)27/h3-12,25H,13-14H2,1-2H3,(H,26,27). The minimum Gasteiger partial charge on any atom is -0.493 e. The van der Waals surface area contributed by atoms with Crippen LogP contribution in [0.4, 0.5) is 5.69 Å². The highest BCUT2D eigenvalue weighted by atomic mass is 127. The lowest BCUT2D eigenvalue weighted by Crippen LogP contribution is -2.04. The molecule has 0 atom stereocenters. The maximum absolute atomic E-state index is 11.1. The summed E-state index contributed by atoms with van der Waals surface area (Å²) < 4.78 is 12.5. The van der Waals surface area contributed by atoms with Gasteiger partial charge in [0, 0.05) is 12.2 Å². The van der Waals surface area contributed by atoms with Crippen molar-refractivity contribution >= 4 is 34.2 Å². The average Bonchev–Trinajstić information content (AvgIpc) is 2.72. The predicted molar refractivity (Wildman–Crippen MR) is 122 cm³/mol. The maximum Gasteiger partial charge on any atom is 0.335 e. The summed E-state index contributed by atoms with van der Waals surface area (Å²) in [4.78, 5) is 11.1. The molecule has 0 amide bonds. The highest BCUT2D eigenvalue weighted by Crippen LogP contribution is 2.34. The maximum atomic E-state index is 11.1. The van der Waals surface area contributed by atoms with Gasteiger partial charge < -0.3 is 19.9 Å². The normalized spacial score (nSPS) is 10.4. The van der Waals surface area contributed by atoms with Gasteiger partial charge in [0.2, 0.25) is 0 Å². The number of carbonyl (C=O) groups is 1. The summed E-state index contributed by atoms with van der Waals surface area (Å²) >= 11 is 2.24. The number of carboxylic acid groups (broad SMARTS) is 1. The largest absolute Gasteiger partial charge is 0.493 e. The van der Waals surface area contributed by atoms with Crippen molar-refractivity contribution < 1.29 is 19.4 Å². The van der Waals surface area contributed by atoms with Crippen LogP contribution in [0.3, 0.4) is 0 Å². The van der Waals surface area contributed by atoms with Crippen molar-refractivity contribution in [3.05, 3.63) is 86.5 Å². The number of carboxylic acids is 1. The molecular weight excluding hydrogens is 481 g/mol. The molecule has 0 heterocycles. The van der Waals surface area contributed by atoms with Gasteiger partial charge >= 0.3 is 5.97 Å². The topological polar surface area (TPSA) is 67.8 Å². The third kappa shape index (κ3) is 5.63. The molecule has 3 rings (SSSR count). The molecule has 0 aliphatic rings. The quantitative estimate of drug-likeness (QED) is 0.398. The number of hydrogen-bond acceptors (Lipinski definition) is 4. The Morgan fingerprint density at radius 3 is 2.52 bits per heavy atom. The predicted octanol–water partition coefficient (Wildman–Crippen LogP) is 5.50. The van der Waals surface area contributed by atoms with Gasteiger partial charge in [-0.1, -0.05) is 35.9 Å². The molecule has 0 saturated heterocycles. The number of nitrogens with one attached hydrogen (secondary N) is 1. The molecule has 0 fully saturated rings. The fraction of sp³-hybridized carbons (Fsp3) is 0.174. The van der Waals surface area contributed by atoms with Gasteiger partial charge in [-0.05, 0) is 71.0 Å². The zero-order chi connectivity index (χ0) is 20.8. The Morgan fingerprint density at radius 2 is 1.83 bits per heavy atom. The van der Waals surface area contributed by atoms with Crippen LogP contribution in [0.15, 0.2) is 60.7 Å². The van der Waals surface area contributed by atoms with E-state index in [-0.39, 0.29) is 5.56 Å². The van der Waals surface area contributed by atoms with E-state index < -0.39 is 5.97 Å². The van der Waals surface area contributed by atoms with Gasteiger partial charge in [0.05, 0.1) is 16.2 Å². The number of rotatable bonds is 8. The minimum atomic E-state index is -0.944. The molecule has 0 bridgehead atoms. The lowest BCUT2D eigenvalue weighted by atomic mass is 10.1. The van der Waals surface area contributed by atoms with E-state index in [4.69, 9.17) is 14.6 Å². The van der Waals surface area contributed by atoms with Gasteiger partial charge in [0.15, 0.2) is 11.5 Å². The van der Waals surface area contributed by atoms with Crippen LogP contribution < -0.4 is 14.8 Å². The summed E-state index contributed by atoms with van der Waals surface area (Å²) in [5.41, 5.74) is 4.32. The third-order valence-electron chi connectivity index (χ3n) is 4.40. The molecular formula is C23H22INO4. The van der Waals surface area contributed by atoms with E-state index in [2.05, 4.69) is 59.1 Å². The lowest BCUT2D eigenvalue weighted by Gasteiger charge is -2.15. The van der Waals surface area contributed by atoms with Crippen LogP contribution in [0.5, 0.6) is 11.5 Å². The summed E-state index contributed by atoms with van der Waals surface area (Å²) in [6.07, 6.45) is 0. The van der Waals surface area contributed by atoms with Crippen LogP contribution in [0, 0.1) is 10.5 Å². The van der Waals surface area contributed by atoms with Gasteiger partial charge in [-0.2, -0.15) is 0 Å². The SMILES string of the molecule is COc1cc(CNc2cccc(C(=O)O)c2)cc(I)c1OCc1ccc(C)cc1. The van der Waals surface area contributed by atoms with E-state index in [0.29, 0.717) is 24.7 Å². The second kappa shape index (κ2) is 9.65. The first kappa shape index (κ1) is 21.0. The summed E-state index contributed by atoms with van der Waals surface area (Å²) in [6.45, 7) is 3.06. The second-order valence-corrected chi connectivity index (χ2v) is 7.79. The molecule has 3 aromatic carbocycles. The van der Waals surface area contributed by atoms with Crippen molar-refractivity contribution in [1.29, 1.82) is 0 Å². The van der Waals surface area contributed by atoms with Crippen molar-refractivity contribution in [3.63, 3.8) is 0 Å². The molecule has 0 unspecified atom stereocenters. The van der Waals surface area contributed by atoms with E-state index >= 15 is 0 Å². The number of hydrogen-bond donors (Lipinski definition) is 2. The third-order valence-corrected chi connectivity index (χ3v) is 5.20. The number of aryl methyl sites for hydroxylation is 1. The van der Waals surface area contributed by atoms with E-state index in [9.17, 15) is 4.79 Å². The molecule has 0 aliphatic carbocycles. The van der Waals surface area contributed by atoms with E-state index in [1.807, 2.05) is 18.2 Å². The van der Waals surface area contributed by atoms with Crippen LogP contribution in [0.25, 0.3) is 0 Å². The minimum absolute atomic E-state index is 0.252. The zero-order valence-electron chi connectivity index (χ0n) is 16.2. The first-order valence-electron chi connectivity index (χ1n) is 9.08. The molecule has 0 spiro atoms. The van der Waals surface area contributed by atoms with Gasteiger partial charge in [-0.15, -0.1) is 0 Å². The van der Waals surface area contributed by atoms with Crippen LogP contribution >= 0.6 is 22.6 Å². The molecule has 29 heavy (non-hydrogen) atoms. The van der Waals surface area contributed by atoms with E-state index in [0.717, 1.165) is 20.4 Å². The highest BCUT2D eigenvalue weighted by Gasteiger charge is 2.12. The number of benzene rings is 3. The van der Waals surface area contributed by atoms with Gasteiger partial charge in [-0.3, -0.25) is 0 Å². The van der Waals surface area contributed by atoms with Gasteiger partial charge in [0.25, 0.3) is 0 Å². The number of halogens is 1. The van der Waals surface area contributed by atoms with E-state index in [1.165, 1.54) is 5.56 Å². The van der Waals surface area contributed by atoms with Crippen LogP contribution in [-0.2, 0) is 13.2 Å². The van der Waals surface area contributed by atoms with Crippen molar-refractivity contribution in [2.45, 2.75) is 20.1 Å². The fourth-order valence-corrected chi connectivity index (χ4v) is 3.64. The summed E-state index contributed by atoms with van der Waals surface area (Å²) in [5, 5.41) is 12.4. The van der Waals surface area contributed by atoms with Crippen LogP contribution in [0.1, 0.15) is 27.0 Å². The second-order valence-electron chi connectivity index (χ2n) is 6.62. The van der Waals surface area contributed by atoms with Crippen molar-refractivity contribution in [1.82, 2.24) is 0 Å². The summed E-state index contributed by atoms with van der Waals surface area (Å²) in [7, 11) is 1.62. The Morgan fingerprint density at radius 1 is 1.07 bits per heavy atom. The molecule has 150 valence electrons. The van der Waals surface area contributed by atoms with Crippen LogP contribution in [-0.4, -0.2) is 18.2 Å². The molecule has 0 aliphatic heterocycles. The Hall–Kier alpha value is -2.74. The number of anilines is 1. The Bertz CT molecular complexity index is 1000. The monoisotopic (exact) mass is 503 g/mol. The van der Waals surface area contributed by atoms with Gasteiger partial charge in [-0.25, -0.2) is 4.79 Å². The summed E-state index contributed by atoms with van der Waals surface area (Å²) in [6, 6.07) is 18.9. The van der Waals surface area contributed by atoms with E-state index in [1.54, 1.807) is 25.3 Å². The van der Waals surface area contributed by atoms with Crippen LogP contribution in [0.2, 0.25) is 0 Å². The smallest absolute Gasteiger partial charge is 0.335 e. The van der Waals surface area contributed by atoms with Gasteiger partial charge in [0.1, 0.15) is 6.61 Å². The molecule has 6 heteroatoms. The fourth-order valence-electron chi connectivity index (χ4n) is 2.82. The zero-order valence-corrected chi connectivity index (χ0v) is 18.4. The lowest BCUT2D eigenvalue weighted by molar-refractivity contribution is 0.0697. The Kier molecular flexibility index (Phi) is 6.98. The first-order valence-corrected chi connectivity index (χ1v) is 10.2. The Balaban J connectivity index is 1.71. The molecule has 2 N–H and O–H groups in total. The average molecular weight is 503 g/mol. The first-order chi connectivity index (χ1) is 14.0. The molecule has 5 nitrogen and oxygen atoms in total. The van der Waals surface area contributed by atoms with Crippen molar-refractivity contribution in [2.24, 2.45) is 0 Å². The number of aromatic carboxylic acids is 1. The number of methoxy groups -OCH3 is 1. The molecule has 0 saturated carbocycles. The van der Waals surface area contributed by atoms with Crippen molar-refractivity contribution in [2.75, 3.05) is 12.4 Å². The molecule has 0 radical (unpaired) electrons. The highest BCUT2D eigenvalue weighted by molar-refractivity contribution is 14.1.